The van der Waals surface area contributed by atoms with Crippen molar-refractivity contribution in [1.82, 2.24) is 4.14 Å². The fourth-order valence-corrected chi connectivity index (χ4v) is 52.9. The normalized spacial score (nSPS) is 18.8. The van der Waals surface area contributed by atoms with E-state index in [0.717, 1.165) is 17.8 Å². The van der Waals surface area contributed by atoms with E-state index in [9.17, 15) is 17.0 Å². The Kier molecular flexibility index (Phi) is 12.5. The molecule has 4 unspecified atom stereocenters. The van der Waals surface area contributed by atoms with Crippen LogP contribution in [0.25, 0.3) is 34.4 Å². The summed E-state index contributed by atoms with van der Waals surface area (Å²) in [7, 11) is 14.8. The average Bonchev–Trinajstić information content (AvgIpc) is 3.76. The summed E-state index contributed by atoms with van der Waals surface area (Å²) >= 11 is -5.40. The molecule has 0 aromatic heterocycles. The van der Waals surface area contributed by atoms with Gasteiger partial charge in [-0.05, 0) is 0 Å². The molecule has 0 amide bonds. The summed E-state index contributed by atoms with van der Waals surface area (Å²) in [4.78, 5) is 0.811. The zero-order chi connectivity index (χ0) is 42.2. The molecule has 0 fully saturated rings. The Morgan fingerprint density at radius 1 is 0.561 bits per heavy atom. The number of nitrogens with zero attached hydrogens (tertiary/aromatic N) is 1. The molecule has 4 aromatic rings. The van der Waals surface area contributed by atoms with Gasteiger partial charge in [0.2, 0.25) is 0 Å². The molecule has 0 saturated heterocycles. The number of allylic oxidation sites excluding steroid dienone is 2. The molecule has 2 aliphatic rings. The van der Waals surface area contributed by atoms with Crippen LogP contribution in [-0.4, -0.2) is 25.6 Å². The molecule has 6 rings (SSSR count). The summed E-state index contributed by atoms with van der Waals surface area (Å²) in [6.45, 7) is 38.3. The molecule has 0 heterocycles. The Morgan fingerprint density at radius 3 is 1.26 bits per heavy atom. The van der Waals surface area contributed by atoms with Gasteiger partial charge in [-0.25, -0.2) is 0 Å². The average molecular weight is 913 g/mol. The second-order valence-electron chi connectivity index (χ2n) is 20.0. The third kappa shape index (κ3) is 7.76. The van der Waals surface area contributed by atoms with Gasteiger partial charge in [0.1, 0.15) is 0 Å². The van der Waals surface area contributed by atoms with Crippen LogP contribution in [0.15, 0.2) is 71.8 Å². The first-order valence-corrected chi connectivity index (χ1v) is 39.5. The fourth-order valence-electron chi connectivity index (χ4n) is 10.6. The molecule has 0 aliphatic heterocycles. The Hall–Kier alpha value is -1.72. The predicted molar refractivity (Wildman–Crippen MR) is 260 cm³/mol. The second-order valence-corrected chi connectivity index (χ2v) is 52.2. The second kappa shape index (κ2) is 16.0. The van der Waals surface area contributed by atoms with Crippen LogP contribution < -0.4 is 0 Å². The van der Waals surface area contributed by atoms with E-state index in [0.29, 0.717) is 11.8 Å². The molecule has 2 aliphatic carbocycles. The van der Waals surface area contributed by atoms with Crippen molar-refractivity contribution in [2.75, 3.05) is 0 Å². The Bertz CT molecular complexity index is 2140. The number of benzene rings is 4. The van der Waals surface area contributed by atoms with E-state index in [1.807, 2.05) is 0 Å². The van der Waals surface area contributed by atoms with E-state index >= 15 is 0 Å². The van der Waals surface area contributed by atoms with Crippen molar-refractivity contribution in [3.63, 3.8) is 0 Å². The number of halogens is 2. The van der Waals surface area contributed by atoms with Crippen molar-refractivity contribution in [2.45, 2.75) is 129 Å². The Balaban J connectivity index is 1.74. The van der Waals surface area contributed by atoms with E-state index in [-0.39, 0.29) is 7.25 Å². The zero-order valence-electron chi connectivity index (χ0n) is 38.1. The Morgan fingerprint density at radius 2 is 0.930 bits per heavy atom. The molecule has 0 saturated carbocycles. The molecule has 303 valence electrons. The van der Waals surface area contributed by atoms with Crippen molar-refractivity contribution in [2.24, 2.45) is 11.8 Å². The van der Waals surface area contributed by atoms with Crippen LogP contribution >= 0.6 is 17.0 Å². The van der Waals surface area contributed by atoms with Gasteiger partial charge in [0.25, 0.3) is 0 Å². The molecule has 4 aromatic carbocycles. The van der Waals surface area contributed by atoms with Crippen LogP contribution in [0.3, 0.4) is 0 Å². The van der Waals surface area contributed by atoms with E-state index in [2.05, 4.69) is 185 Å². The summed E-state index contributed by atoms with van der Waals surface area (Å²) in [6.07, 6.45) is 7.23. The first-order valence-electron chi connectivity index (χ1n) is 21.7. The number of aryl methyl sites for hydroxylation is 2. The third-order valence-corrected chi connectivity index (χ3v) is 41.4. The molecule has 0 bridgehead atoms. The summed E-state index contributed by atoms with van der Waals surface area (Å²) in [5.41, 5.74) is 21.7. The summed E-state index contributed by atoms with van der Waals surface area (Å²) in [5, 5.41) is 0. The van der Waals surface area contributed by atoms with Gasteiger partial charge in [0.05, 0.1) is 0 Å². The monoisotopic (exact) mass is 910 g/mol. The number of hydrogen-bond donors (Lipinski definition) is 0. The maximum absolute atomic E-state index is 9.31. The predicted octanol–water partition coefficient (Wildman–Crippen LogP) is 15.8. The summed E-state index contributed by atoms with van der Waals surface area (Å²) < 4.78 is 2.92. The molecule has 7 heteroatoms. The molecule has 57 heavy (non-hydrogen) atoms. The van der Waals surface area contributed by atoms with Crippen molar-refractivity contribution in [3.8, 4) is 22.3 Å². The van der Waals surface area contributed by atoms with Gasteiger partial charge in [0, 0.05) is 0 Å². The van der Waals surface area contributed by atoms with E-state index < -0.39 is 32.6 Å². The van der Waals surface area contributed by atoms with E-state index in [1.165, 1.54) is 89.0 Å². The summed E-state index contributed by atoms with van der Waals surface area (Å²) in [6, 6.07) is 23.4. The number of rotatable bonds is 12. The van der Waals surface area contributed by atoms with Gasteiger partial charge in [-0.1, -0.05) is 0 Å². The van der Waals surface area contributed by atoms with Crippen molar-refractivity contribution >= 4 is 50.6 Å². The van der Waals surface area contributed by atoms with E-state index in [4.69, 9.17) is 0 Å². The molecule has 0 radical (unpaired) electrons. The standard InChI is InChI=1S/2C22H25.C6H19BNSi2.2ClH.Zr/c2*1-6-14(2)19-12-18-8-7-9-21(22(18)13-19)20-11-10-15(3)16(4)17(20)5;1-9(2,3)8(7)10(4,5)6;;;/h2*7-14H,6H2,1-5H3;7H,1-6H3;2*1H;/q;;+1;;;+1/p-2. The minimum absolute atomic E-state index is 0.0165. The Labute approximate surface area is 358 Å². The van der Waals surface area contributed by atoms with Crippen LogP contribution in [-0.2, 0) is 16.2 Å². The number of hydrogen-bond acceptors (Lipinski definition) is 1. The van der Waals surface area contributed by atoms with Gasteiger partial charge in [-0.2, -0.15) is 0 Å². The zero-order valence-corrected chi connectivity index (χ0v) is 44.0. The topological polar surface area (TPSA) is 3.24 Å². The van der Waals surface area contributed by atoms with Crippen molar-refractivity contribution in [3.05, 3.63) is 127 Å². The molecular formula is C50H69BCl2NSi2Zr. The molecule has 4 atom stereocenters. The van der Waals surface area contributed by atoms with Crippen LogP contribution in [0.4, 0.5) is 0 Å². The minimum atomic E-state index is -5.40. The molecule has 0 spiro atoms. The van der Waals surface area contributed by atoms with Gasteiger partial charge in [-0.3, -0.25) is 0 Å². The fraction of sp³-hybridized carbons (Fsp3) is 0.440. The van der Waals surface area contributed by atoms with Gasteiger partial charge < -0.3 is 0 Å². The van der Waals surface area contributed by atoms with Crippen molar-refractivity contribution < 1.29 is 16.2 Å². The molecule has 1 nitrogen and oxygen atoms in total. The molecular weight excluding hydrogens is 844 g/mol. The first kappa shape index (κ1) is 44.8. The van der Waals surface area contributed by atoms with Gasteiger partial charge in [0.15, 0.2) is 0 Å². The quantitative estimate of drug-likeness (QED) is 0.128. The van der Waals surface area contributed by atoms with Gasteiger partial charge >= 0.3 is 361 Å². The van der Waals surface area contributed by atoms with Crippen molar-refractivity contribution in [1.29, 1.82) is 0 Å². The van der Waals surface area contributed by atoms with Crippen LogP contribution in [0, 0.1) is 53.4 Å². The van der Waals surface area contributed by atoms with E-state index in [1.54, 1.807) is 0 Å². The maximum atomic E-state index is 9.31. The molecule has 0 N–H and O–H groups in total. The van der Waals surface area contributed by atoms with Crippen LogP contribution in [0.1, 0.15) is 103 Å². The first-order chi connectivity index (χ1) is 26.5. The third-order valence-electron chi connectivity index (χ3n) is 14.5. The van der Waals surface area contributed by atoms with Gasteiger partial charge in [-0.15, -0.1) is 0 Å². The SMILES string of the molecule is CCC(C)C1=Cc2c(-c3ccc(C)c(C)c3C)cccc2[CH]1[Zr]([Cl])([Cl])([BH]N([Si](C)(C)C)[Si](C)(C)C)[CH]1C(C(C)CC)=Cc2c(-c3ccc(C)c(C)c3C)cccc21. The van der Waals surface area contributed by atoms with Crippen LogP contribution in [0.5, 0.6) is 0 Å². The number of fused-ring (bicyclic) bond motifs is 2. The summed E-state index contributed by atoms with van der Waals surface area (Å²) in [5.74, 6) is 0.685. The van der Waals surface area contributed by atoms with Crippen LogP contribution in [0.2, 0.25) is 39.3 Å².